The number of rotatable bonds is 7. The number of nitrogens with one attached hydrogen (secondary N) is 1. The van der Waals surface area contributed by atoms with Gasteiger partial charge in [-0.15, -0.1) is 0 Å². The Morgan fingerprint density at radius 2 is 1.58 bits per heavy atom. The van der Waals surface area contributed by atoms with E-state index >= 15 is 0 Å². The van der Waals surface area contributed by atoms with Crippen LogP contribution in [-0.2, 0) is 17.9 Å². The summed E-state index contributed by atoms with van der Waals surface area (Å²) in [7, 11) is 4.01. The monoisotopic (exact) mass is 326 g/mol. The molecule has 0 fully saturated rings. The third kappa shape index (κ3) is 5.39. The average Bonchev–Trinajstić information content (AvgIpc) is 2.58. The summed E-state index contributed by atoms with van der Waals surface area (Å²) in [5, 5.41) is 2.95. The van der Waals surface area contributed by atoms with E-state index in [0.29, 0.717) is 18.7 Å². The van der Waals surface area contributed by atoms with Crippen LogP contribution in [0.15, 0.2) is 48.5 Å². The van der Waals surface area contributed by atoms with E-state index in [2.05, 4.69) is 5.32 Å². The maximum atomic E-state index is 12.2. The lowest BCUT2D eigenvalue weighted by molar-refractivity contribution is 0.0657. The first-order chi connectivity index (χ1) is 11.5. The van der Waals surface area contributed by atoms with Crippen LogP contribution in [0, 0.1) is 0 Å². The van der Waals surface area contributed by atoms with Crippen molar-refractivity contribution in [2.75, 3.05) is 19.0 Å². The number of benzene rings is 2. The molecule has 128 valence electrons. The van der Waals surface area contributed by atoms with Crippen molar-refractivity contribution in [3.05, 3.63) is 65.2 Å². The molecule has 24 heavy (non-hydrogen) atoms. The van der Waals surface area contributed by atoms with Gasteiger partial charge in [0.05, 0.1) is 12.7 Å². The summed E-state index contributed by atoms with van der Waals surface area (Å²) in [6, 6.07) is 15.7. The molecule has 1 N–H and O–H groups in total. The Hall–Kier alpha value is -2.33. The molecule has 0 heterocycles. The molecule has 0 unspecified atom stereocenters. The molecule has 0 saturated carbocycles. The van der Waals surface area contributed by atoms with Crippen molar-refractivity contribution in [2.24, 2.45) is 0 Å². The molecule has 2 aromatic carbocycles. The van der Waals surface area contributed by atoms with E-state index in [1.165, 1.54) is 0 Å². The zero-order chi connectivity index (χ0) is 17.5. The van der Waals surface area contributed by atoms with Crippen LogP contribution in [0.25, 0.3) is 0 Å². The number of carbonyl (C=O) groups is 1. The summed E-state index contributed by atoms with van der Waals surface area (Å²) in [6.07, 6.45) is 0.201. The molecule has 2 aromatic rings. The van der Waals surface area contributed by atoms with Gasteiger partial charge in [-0.05, 0) is 49.2 Å². The molecule has 0 aliphatic carbocycles. The largest absolute Gasteiger partial charge is 0.378 e. The van der Waals surface area contributed by atoms with Gasteiger partial charge in [-0.25, -0.2) is 0 Å². The molecular weight excluding hydrogens is 300 g/mol. The highest BCUT2D eigenvalue weighted by Crippen LogP contribution is 2.12. The van der Waals surface area contributed by atoms with Gasteiger partial charge in [-0.2, -0.15) is 0 Å². The highest BCUT2D eigenvalue weighted by atomic mass is 16.5. The molecule has 0 atom stereocenters. The lowest BCUT2D eigenvalue weighted by atomic mass is 10.1. The van der Waals surface area contributed by atoms with Crippen LogP contribution in [0.1, 0.15) is 35.3 Å². The van der Waals surface area contributed by atoms with Gasteiger partial charge < -0.3 is 15.0 Å². The maximum absolute atomic E-state index is 12.2. The number of hydrogen-bond acceptors (Lipinski definition) is 3. The Morgan fingerprint density at radius 1 is 1.00 bits per heavy atom. The van der Waals surface area contributed by atoms with E-state index in [0.717, 1.165) is 16.8 Å². The molecule has 1 amide bonds. The zero-order valence-corrected chi connectivity index (χ0v) is 14.9. The first-order valence-electron chi connectivity index (χ1n) is 8.20. The standard InChI is InChI=1S/C20H26N2O2/c1-15(2)24-14-17-5-9-18(10-6-17)20(23)21-13-16-7-11-19(12-8-16)22(3)4/h5-12,15H,13-14H2,1-4H3,(H,21,23). The SMILES string of the molecule is CC(C)OCc1ccc(C(=O)NCc2ccc(N(C)C)cc2)cc1. The Morgan fingerprint density at radius 3 is 2.12 bits per heavy atom. The number of carbonyl (C=O) groups excluding carboxylic acids is 1. The van der Waals surface area contributed by atoms with Gasteiger partial charge in [0.25, 0.3) is 5.91 Å². The Labute approximate surface area is 144 Å². The lowest BCUT2D eigenvalue weighted by Crippen LogP contribution is -2.22. The first kappa shape index (κ1) is 18.0. The Kier molecular flexibility index (Phi) is 6.38. The van der Waals surface area contributed by atoms with Crippen molar-refractivity contribution in [3.63, 3.8) is 0 Å². The zero-order valence-electron chi connectivity index (χ0n) is 14.9. The third-order valence-electron chi connectivity index (χ3n) is 3.71. The fourth-order valence-electron chi connectivity index (χ4n) is 2.21. The summed E-state index contributed by atoms with van der Waals surface area (Å²) in [6.45, 7) is 5.10. The second-order valence-electron chi connectivity index (χ2n) is 6.30. The Bertz CT molecular complexity index is 646. The summed E-state index contributed by atoms with van der Waals surface area (Å²) < 4.78 is 5.56. The topological polar surface area (TPSA) is 41.6 Å². The van der Waals surface area contributed by atoms with E-state index in [4.69, 9.17) is 4.74 Å². The Balaban J connectivity index is 1.87. The highest BCUT2D eigenvalue weighted by Gasteiger charge is 2.06. The molecule has 0 aliphatic rings. The van der Waals surface area contributed by atoms with Crippen molar-refractivity contribution in [2.45, 2.75) is 33.1 Å². The third-order valence-corrected chi connectivity index (χ3v) is 3.71. The van der Waals surface area contributed by atoms with Crippen LogP contribution in [0.3, 0.4) is 0 Å². The molecule has 0 bridgehead atoms. The van der Waals surface area contributed by atoms with Gasteiger partial charge in [-0.3, -0.25) is 4.79 Å². The average molecular weight is 326 g/mol. The predicted octanol–water partition coefficient (Wildman–Crippen LogP) is 3.61. The van der Waals surface area contributed by atoms with Crippen LogP contribution in [0.2, 0.25) is 0 Å². The fraction of sp³-hybridized carbons (Fsp3) is 0.350. The number of nitrogens with zero attached hydrogens (tertiary/aromatic N) is 1. The van der Waals surface area contributed by atoms with Gasteiger partial charge >= 0.3 is 0 Å². The highest BCUT2D eigenvalue weighted by molar-refractivity contribution is 5.94. The van der Waals surface area contributed by atoms with E-state index in [-0.39, 0.29) is 12.0 Å². The first-order valence-corrected chi connectivity index (χ1v) is 8.20. The second-order valence-corrected chi connectivity index (χ2v) is 6.30. The minimum absolute atomic E-state index is 0.0667. The molecular formula is C20H26N2O2. The molecule has 0 saturated heterocycles. The number of ether oxygens (including phenoxy) is 1. The summed E-state index contributed by atoms with van der Waals surface area (Å²) in [5.74, 6) is -0.0667. The molecule has 4 nitrogen and oxygen atoms in total. The molecule has 0 spiro atoms. The van der Waals surface area contributed by atoms with Crippen molar-refractivity contribution in [1.29, 1.82) is 0 Å². The van der Waals surface area contributed by atoms with Gasteiger partial charge in [0.15, 0.2) is 0 Å². The van der Waals surface area contributed by atoms with E-state index in [1.807, 2.05) is 81.4 Å². The van der Waals surface area contributed by atoms with Gasteiger partial charge in [-0.1, -0.05) is 24.3 Å². The van der Waals surface area contributed by atoms with Crippen LogP contribution < -0.4 is 10.2 Å². The number of anilines is 1. The predicted molar refractivity (Wildman–Crippen MR) is 98.3 cm³/mol. The smallest absolute Gasteiger partial charge is 0.251 e. The van der Waals surface area contributed by atoms with Crippen molar-refractivity contribution in [1.82, 2.24) is 5.32 Å². The quantitative estimate of drug-likeness (QED) is 0.845. The fourth-order valence-corrected chi connectivity index (χ4v) is 2.21. The van der Waals surface area contributed by atoms with Crippen LogP contribution in [0.5, 0.6) is 0 Å². The van der Waals surface area contributed by atoms with Crippen molar-refractivity contribution < 1.29 is 9.53 Å². The summed E-state index contributed by atoms with van der Waals surface area (Å²) >= 11 is 0. The molecule has 0 aromatic heterocycles. The van der Waals surface area contributed by atoms with Crippen molar-refractivity contribution >= 4 is 11.6 Å². The number of hydrogen-bond donors (Lipinski definition) is 1. The van der Waals surface area contributed by atoms with Gasteiger partial charge in [0.1, 0.15) is 0 Å². The van der Waals surface area contributed by atoms with E-state index < -0.39 is 0 Å². The molecule has 0 aliphatic heterocycles. The van der Waals surface area contributed by atoms with Crippen molar-refractivity contribution in [3.8, 4) is 0 Å². The molecule has 0 radical (unpaired) electrons. The molecule has 2 rings (SSSR count). The second kappa shape index (κ2) is 8.50. The van der Waals surface area contributed by atoms with Crippen LogP contribution in [0.4, 0.5) is 5.69 Å². The minimum atomic E-state index is -0.0667. The summed E-state index contributed by atoms with van der Waals surface area (Å²) in [5.41, 5.74) is 3.95. The normalized spacial score (nSPS) is 10.7. The lowest BCUT2D eigenvalue weighted by Gasteiger charge is -2.13. The van der Waals surface area contributed by atoms with E-state index in [1.54, 1.807) is 0 Å². The summed E-state index contributed by atoms with van der Waals surface area (Å²) in [4.78, 5) is 14.3. The van der Waals surface area contributed by atoms with Crippen LogP contribution >= 0.6 is 0 Å². The van der Waals surface area contributed by atoms with Gasteiger partial charge in [0.2, 0.25) is 0 Å². The minimum Gasteiger partial charge on any atom is -0.378 e. The van der Waals surface area contributed by atoms with Crippen LogP contribution in [-0.4, -0.2) is 26.1 Å². The molecule has 4 heteroatoms. The number of amides is 1. The van der Waals surface area contributed by atoms with Gasteiger partial charge in [0, 0.05) is 31.9 Å². The van der Waals surface area contributed by atoms with E-state index in [9.17, 15) is 4.79 Å². The maximum Gasteiger partial charge on any atom is 0.251 e.